The van der Waals surface area contributed by atoms with Crippen LogP contribution in [-0.2, 0) is 11.3 Å². The van der Waals surface area contributed by atoms with Crippen molar-refractivity contribution in [3.05, 3.63) is 11.7 Å². The zero-order valence-electron chi connectivity index (χ0n) is 9.98. The van der Waals surface area contributed by atoms with Crippen LogP contribution in [0.3, 0.4) is 0 Å². The lowest BCUT2D eigenvalue weighted by Gasteiger charge is -2.16. The van der Waals surface area contributed by atoms with Gasteiger partial charge in [0, 0.05) is 5.92 Å². The van der Waals surface area contributed by atoms with E-state index in [9.17, 15) is 4.79 Å². The van der Waals surface area contributed by atoms with Gasteiger partial charge in [-0.05, 0) is 32.2 Å². The van der Waals surface area contributed by atoms with Gasteiger partial charge in [-0.3, -0.25) is 4.79 Å². The minimum absolute atomic E-state index is 0.0454. The second-order valence-electron chi connectivity index (χ2n) is 4.49. The molecule has 1 aliphatic carbocycles. The second kappa shape index (κ2) is 5.27. The van der Waals surface area contributed by atoms with Gasteiger partial charge in [0.15, 0.2) is 5.82 Å². The topological polar surface area (TPSA) is 94.0 Å². The number of nitrogens with two attached hydrogens (primary N) is 1. The fourth-order valence-corrected chi connectivity index (χ4v) is 2.37. The molecule has 0 spiro atoms. The Morgan fingerprint density at radius 1 is 1.59 bits per heavy atom. The summed E-state index contributed by atoms with van der Waals surface area (Å²) in [5, 5.41) is 6.49. The highest BCUT2D eigenvalue weighted by atomic mass is 16.5. The van der Waals surface area contributed by atoms with Crippen molar-refractivity contribution < 1.29 is 9.32 Å². The lowest BCUT2D eigenvalue weighted by Crippen LogP contribution is -2.34. The van der Waals surface area contributed by atoms with Crippen LogP contribution in [0.4, 0.5) is 0 Å². The molecule has 0 aliphatic heterocycles. The average molecular weight is 238 g/mol. The molecule has 1 saturated carbocycles. The predicted molar refractivity (Wildman–Crippen MR) is 60.8 cm³/mol. The van der Waals surface area contributed by atoms with Gasteiger partial charge in [0.1, 0.15) is 0 Å². The van der Waals surface area contributed by atoms with Gasteiger partial charge in [0.25, 0.3) is 0 Å². The summed E-state index contributed by atoms with van der Waals surface area (Å²) < 4.78 is 4.93. The average Bonchev–Trinajstić information content (AvgIpc) is 2.94. The summed E-state index contributed by atoms with van der Waals surface area (Å²) in [5.74, 6) is 1.44. The quantitative estimate of drug-likeness (QED) is 0.790. The SMILES string of the molecule is Cc1noc(CNC(=O)C2CCCC2CN)n1. The van der Waals surface area contributed by atoms with Gasteiger partial charge >= 0.3 is 0 Å². The molecule has 1 aromatic rings. The van der Waals surface area contributed by atoms with E-state index in [1.54, 1.807) is 6.92 Å². The molecule has 0 aromatic carbocycles. The van der Waals surface area contributed by atoms with E-state index < -0.39 is 0 Å². The fraction of sp³-hybridized carbons (Fsp3) is 0.727. The molecule has 6 heteroatoms. The first-order valence-corrected chi connectivity index (χ1v) is 5.97. The van der Waals surface area contributed by atoms with E-state index >= 15 is 0 Å². The normalized spacial score (nSPS) is 23.9. The number of aromatic nitrogens is 2. The molecule has 0 bridgehead atoms. The van der Waals surface area contributed by atoms with Crippen LogP contribution in [-0.4, -0.2) is 22.6 Å². The lowest BCUT2D eigenvalue weighted by molar-refractivity contribution is -0.126. The summed E-state index contributed by atoms with van der Waals surface area (Å²) in [4.78, 5) is 16.0. The monoisotopic (exact) mass is 238 g/mol. The molecule has 1 heterocycles. The maximum atomic E-state index is 11.9. The molecule has 1 aromatic heterocycles. The van der Waals surface area contributed by atoms with Crippen molar-refractivity contribution in [3.8, 4) is 0 Å². The van der Waals surface area contributed by atoms with Gasteiger partial charge in [-0.15, -0.1) is 0 Å². The van der Waals surface area contributed by atoms with Crippen LogP contribution in [0.25, 0.3) is 0 Å². The van der Waals surface area contributed by atoms with Crippen molar-refractivity contribution in [2.45, 2.75) is 32.7 Å². The Hall–Kier alpha value is -1.43. The molecule has 6 nitrogen and oxygen atoms in total. The number of hydrogen-bond acceptors (Lipinski definition) is 5. The first-order chi connectivity index (χ1) is 8.20. The highest BCUT2D eigenvalue weighted by molar-refractivity contribution is 5.79. The van der Waals surface area contributed by atoms with Gasteiger partial charge in [-0.1, -0.05) is 11.6 Å². The molecule has 2 rings (SSSR count). The largest absolute Gasteiger partial charge is 0.347 e. The molecule has 1 fully saturated rings. The molecule has 3 N–H and O–H groups in total. The summed E-state index contributed by atoms with van der Waals surface area (Å²) >= 11 is 0. The molecule has 1 amide bonds. The number of carbonyl (C=O) groups is 1. The maximum Gasteiger partial charge on any atom is 0.246 e. The number of amides is 1. The van der Waals surface area contributed by atoms with E-state index in [4.69, 9.17) is 10.3 Å². The van der Waals surface area contributed by atoms with Crippen LogP contribution >= 0.6 is 0 Å². The first kappa shape index (κ1) is 12.0. The van der Waals surface area contributed by atoms with Gasteiger partial charge < -0.3 is 15.6 Å². The summed E-state index contributed by atoms with van der Waals surface area (Å²) in [6.07, 6.45) is 3.06. The van der Waals surface area contributed by atoms with E-state index in [2.05, 4.69) is 15.5 Å². The molecule has 0 saturated heterocycles. The summed E-state index contributed by atoms with van der Waals surface area (Å²) in [5.41, 5.74) is 5.65. The Morgan fingerprint density at radius 3 is 3.06 bits per heavy atom. The summed E-state index contributed by atoms with van der Waals surface area (Å²) in [6.45, 7) is 2.63. The van der Waals surface area contributed by atoms with Crippen molar-refractivity contribution in [1.29, 1.82) is 0 Å². The van der Waals surface area contributed by atoms with Crippen molar-refractivity contribution >= 4 is 5.91 Å². The number of carbonyl (C=O) groups excluding carboxylic acids is 1. The number of aryl methyl sites for hydroxylation is 1. The Bertz CT molecular complexity index is 391. The minimum Gasteiger partial charge on any atom is -0.347 e. The second-order valence-corrected chi connectivity index (χ2v) is 4.49. The Kier molecular flexibility index (Phi) is 3.73. The highest BCUT2D eigenvalue weighted by Gasteiger charge is 2.31. The number of hydrogen-bond donors (Lipinski definition) is 2. The first-order valence-electron chi connectivity index (χ1n) is 5.97. The van der Waals surface area contributed by atoms with E-state index in [1.807, 2.05) is 0 Å². The number of nitrogens with one attached hydrogen (secondary N) is 1. The van der Waals surface area contributed by atoms with Crippen molar-refractivity contribution in [2.75, 3.05) is 6.54 Å². The zero-order chi connectivity index (χ0) is 12.3. The molecular weight excluding hydrogens is 220 g/mol. The molecular formula is C11H18N4O2. The van der Waals surface area contributed by atoms with E-state index in [0.29, 0.717) is 30.7 Å². The highest BCUT2D eigenvalue weighted by Crippen LogP contribution is 2.30. The molecule has 2 unspecified atom stereocenters. The van der Waals surface area contributed by atoms with Crippen LogP contribution in [0.2, 0.25) is 0 Å². The van der Waals surface area contributed by atoms with Gasteiger partial charge in [-0.25, -0.2) is 0 Å². The zero-order valence-corrected chi connectivity index (χ0v) is 9.98. The van der Waals surface area contributed by atoms with E-state index in [-0.39, 0.29) is 11.8 Å². The van der Waals surface area contributed by atoms with Crippen molar-refractivity contribution in [2.24, 2.45) is 17.6 Å². The van der Waals surface area contributed by atoms with Crippen molar-refractivity contribution in [3.63, 3.8) is 0 Å². The predicted octanol–water partition coefficient (Wildman–Crippen LogP) is 0.369. The van der Waals surface area contributed by atoms with E-state index in [1.165, 1.54) is 0 Å². The minimum atomic E-state index is 0.0454. The summed E-state index contributed by atoms with van der Waals surface area (Å²) in [7, 11) is 0. The van der Waals surface area contributed by atoms with E-state index in [0.717, 1.165) is 19.3 Å². The Balaban J connectivity index is 1.84. The van der Waals surface area contributed by atoms with Crippen LogP contribution in [0.1, 0.15) is 31.0 Å². The fourth-order valence-electron chi connectivity index (χ4n) is 2.37. The van der Waals surface area contributed by atoms with Crippen LogP contribution < -0.4 is 11.1 Å². The van der Waals surface area contributed by atoms with Gasteiger partial charge in [0.2, 0.25) is 11.8 Å². The lowest BCUT2D eigenvalue weighted by atomic mass is 9.95. The molecule has 94 valence electrons. The molecule has 1 aliphatic rings. The molecule has 2 atom stereocenters. The smallest absolute Gasteiger partial charge is 0.246 e. The third kappa shape index (κ3) is 2.82. The van der Waals surface area contributed by atoms with Crippen LogP contribution in [0, 0.1) is 18.8 Å². The van der Waals surface area contributed by atoms with Gasteiger partial charge in [-0.2, -0.15) is 4.98 Å². The number of nitrogens with zero attached hydrogens (tertiary/aromatic N) is 2. The van der Waals surface area contributed by atoms with Crippen molar-refractivity contribution in [1.82, 2.24) is 15.5 Å². The Labute approximate surface area is 99.9 Å². The van der Waals surface area contributed by atoms with Crippen LogP contribution in [0.15, 0.2) is 4.52 Å². The number of rotatable bonds is 4. The molecule has 17 heavy (non-hydrogen) atoms. The third-order valence-electron chi connectivity index (χ3n) is 3.28. The Morgan fingerprint density at radius 2 is 2.41 bits per heavy atom. The van der Waals surface area contributed by atoms with Gasteiger partial charge in [0.05, 0.1) is 6.54 Å². The van der Waals surface area contributed by atoms with Crippen LogP contribution in [0.5, 0.6) is 0 Å². The molecule has 0 radical (unpaired) electrons. The maximum absolute atomic E-state index is 11.9. The standard InChI is InChI=1S/C11H18N4O2/c1-7-14-10(17-15-7)6-13-11(16)9-4-2-3-8(9)5-12/h8-9H,2-6,12H2,1H3,(H,13,16). The third-order valence-corrected chi connectivity index (χ3v) is 3.28. The summed E-state index contributed by atoms with van der Waals surface area (Å²) in [6, 6.07) is 0.